The molecule has 33 heavy (non-hydrogen) atoms. The number of methoxy groups -OCH3 is 3. The lowest BCUT2D eigenvalue weighted by atomic mass is 10.2. The quantitative estimate of drug-likeness (QED) is 0.406. The van der Waals surface area contributed by atoms with Gasteiger partial charge in [-0.15, -0.1) is 0 Å². The average molecular weight is 449 g/mol. The molecule has 172 valence electrons. The number of nitrogens with zero attached hydrogens (tertiary/aromatic N) is 5. The highest BCUT2D eigenvalue weighted by atomic mass is 16.5. The predicted molar refractivity (Wildman–Crippen MR) is 129 cm³/mol. The van der Waals surface area contributed by atoms with E-state index < -0.39 is 0 Å². The summed E-state index contributed by atoms with van der Waals surface area (Å²) in [6.07, 6.45) is 5.60. The monoisotopic (exact) mass is 448 g/mol. The molecule has 4 rings (SSSR count). The highest BCUT2D eigenvalue weighted by molar-refractivity contribution is 5.90. The van der Waals surface area contributed by atoms with E-state index in [-0.39, 0.29) is 6.04 Å². The Morgan fingerprint density at radius 2 is 1.76 bits per heavy atom. The third kappa shape index (κ3) is 4.09. The smallest absolute Gasteiger partial charge is 0.203 e. The summed E-state index contributed by atoms with van der Waals surface area (Å²) < 4.78 is 20.3. The first kappa shape index (κ1) is 22.2. The van der Waals surface area contributed by atoms with Crippen LogP contribution in [0.2, 0.25) is 0 Å². The molecule has 0 fully saturated rings. The topological polar surface area (TPSA) is 88.3 Å². The van der Waals surface area contributed by atoms with Gasteiger partial charge in [-0.05, 0) is 32.4 Å². The SMILES string of the molecule is C=C(C)c1nc(Nc2cn(-c3cc(OC)c(OC)c(OC)c3)cn2)c2ccn(C(C)C)c2n1. The minimum atomic E-state index is 0.266. The van der Waals surface area contributed by atoms with Gasteiger partial charge in [-0.3, -0.25) is 0 Å². The fourth-order valence-corrected chi connectivity index (χ4v) is 3.60. The van der Waals surface area contributed by atoms with E-state index in [1.807, 2.05) is 42.1 Å². The maximum atomic E-state index is 5.47. The summed E-state index contributed by atoms with van der Waals surface area (Å²) in [5.41, 5.74) is 2.45. The van der Waals surface area contributed by atoms with Crippen molar-refractivity contribution in [3.05, 3.63) is 49.3 Å². The zero-order chi connectivity index (χ0) is 23.7. The fourth-order valence-electron chi connectivity index (χ4n) is 3.60. The molecule has 3 aromatic heterocycles. The number of nitrogens with one attached hydrogen (secondary N) is 1. The van der Waals surface area contributed by atoms with Crippen LogP contribution in [-0.4, -0.2) is 45.4 Å². The van der Waals surface area contributed by atoms with Crippen molar-refractivity contribution in [2.45, 2.75) is 26.8 Å². The Bertz CT molecular complexity index is 1300. The van der Waals surface area contributed by atoms with Crippen LogP contribution in [0.25, 0.3) is 22.3 Å². The summed E-state index contributed by atoms with van der Waals surface area (Å²) in [5.74, 6) is 3.56. The Morgan fingerprint density at radius 1 is 1.06 bits per heavy atom. The third-order valence-electron chi connectivity index (χ3n) is 5.29. The summed E-state index contributed by atoms with van der Waals surface area (Å²) in [5, 5.41) is 4.25. The second kappa shape index (κ2) is 8.85. The lowest BCUT2D eigenvalue weighted by Gasteiger charge is -2.14. The van der Waals surface area contributed by atoms with Crippen molar-refractivity contribution in [3.8, 4) is 22.9 Å². The number of rotatable bonds is 8. The molecule has 4 aromatic rings. The number of ether oxygens (including phenoxy) is 3. The molecule has 0 unspecified atom stereocenters. The van der Waals surface area contributed by atoms with Gasteiger partial charge in [-0.2, -0.15) is 0 Å². The summed E-state index contributed by atoms with van der Waals surface area (Å²) in [6.45, 7) is 10.1. The number of anilines is 2. The van der Waals surface area contributed by atoms with Crippen LogP contribution < -0.4 is 19.5 Å². The van der Waals surface area contributed by atoms with Crippen LogP contribution in [0.15, 0.2) is 43.5 Å². The Labute approximate surface area is 192 Å². The molecule has 9 heteroatoms. The van der Waals surface area contributed by atoms with E-state index in [9.17, 15) is 0 Å². The largest absolute Gasteiger partial charge is 0.493 e. The Hall–Kier alpha value is -4.01. The molecule has 1 N–H and O–H groups in total. The molecule has 0 radical (unpaired) electrons. The van der Waals surface area contributed by atoms with E-state index >= 15 is 0 Å². The number of aromatic nitrogens is 5. The van der Waals surface area contributed by atoms with Crippen LogP contribution in [0.1, 0.15) is 32.6 Å². The van der Waals surface area contributed by atoms with Crippen molar-refractivity contribution in [1.29, 1.82) is 0 Å². The summed E-state index contributed by atoms with van der Waals surface area (Å²) in [6, 6.07) is 5.99. The van der Waals surface area contributed by atoms with Crippen molar-refractivity contribution < 1.29 is 14.2 Å². The normalized spacial score (nSPS) is 11.1. The lowest BCUT2D eigenvalue weighted by Crippen LogP contribution is -2.04. The molecule has 1 aromatic carbocycles. The van der Waals surface area contributed by atoms with Crippen LogP contribution in [0.5, 0.6) is 17.2 Å². The number of imidazole rings is 1. The van der Waals surface area contributed by atoms with Crippen molar-refractivity contribution in [1.82, 2.24) is 24.1 Å². The third-order valence-corrected chi connectivity index (χ3v) is 5.29. The molecule has 0 amide bonds. The molecular weight excluding hydrogens is 420 g/mol. The van der Waals surface area contributed by atoms with Gasteiger partial charge in [0, 0.05) is 24.4 Å². The zero-order valence-corrected chi connectivity index (χ0v) is 19.7. The van der Waals surface area contributed by atoms with Gasteiger partial charge in [-0.1, -0.05) is 6.58 Å². The van der Waals surface area contributed by atoms with Gasteiger partial charge >= 0.3 is 0 Å². The summed E-state index contributed by atoms with van der Waals surface area (Å²) >= 11 is 0. The maximum Gasteiger partial charge on any atom is 0.203 e. The van der Waals surface area contributed by atoms with E-state index in [1.165, 1.54) is 0 Å². The lowest BCUT2D eigenvalue weighted by molar-refractivity contribution is 0.324. The molecule has 0 aliphatic heterocycles. The van der Waals surface area contributed by atoms with Crippen LogP contribution >= 0.6 is 0 Å². The standard InChI is InChI=1S/C24H28N6O3/c1-14(2)22-27-23(17-8-9-30(15(3)4)24(17)28-22)26-20-12-29(13-25-20)16-10-18(31-5)21(33-7)19(11-16)32-6/h8-13,15H,1H2,2-7H3,(H,26,27,28). The predicted octanol–water partition coefficient (Wildman–Crippen LogP) is 5.00. The van der Waals surface area contributed by atoms with Gasteiger partial charge in [0.05, 0.1) is 38.6 Å². The van der Waals surface area contributed by atoms with Gasteiger partial charge in [0.2, 0.25) is 5.75 Å². The highest BCUT2D eigenvalue weighted by Crippen LogP contribution is 2.39. The Balaban J connectivity index is 1.73. The van der Waals surface area contributed by atoms with Crippen molar-refractivity contribution in [2.24, 2.45) is 0 Å². The molecule has 3 heterocycles. The van der Waals surface area contributed by atoms with E-state index in [4.69, 9.17) is 19.2 Å². The minimum absolute atomic E-state index is 0.266. The Kier molecular flexibility index (Phi) is 5.95. The van der Waals surface area contributed by atoms with Crippen molar-refractivity contribution in [2.75, 3.05) is 26.6 Å². The van der Waals surface area contributed by atoms with Crippen LogP contribution in [-0.2, 0) is 0 Å². The summed E-state index contributed by atoms with van der Waals surface area (Å²) in [7, 11) is 4.75. The molecule has 9 nitrogen and oxygen atoms in total. The number of hydrogen-bond donors (Lipinski definition) is 1. The van der Waals surface area contributed by atoms with E-state index in [2.05, 4.69) is 40.3 Å². The second-order valence-corrected chi connectivity index (χ2v) is 7.90. The van der Waals surface area contributed by atoms with E-state index in [1.54, 1.807) is 27.7 Å². The number of benzene rings is 1. The maximum absolute atomic E-state index is 5.47. The van der Waals surface area contributed by atoms with Crippen LogP contribution in [0.3, 0.4) is 0 Å². The molecule has 0 saturated heterocycles. The molecule has 0 bridgehead atoms. The fraction of sp³-hybridized carbons (Fsp3) is 0.292. The van der Waals surface area contributed by atoms with Crippen molar-refractivity contribution in [3.63, 3.8) is 0 Å². The van der Waals surface area contributed by atoms with Gasteiger partial charge in [-0.25, -0.2) is 15.0 Å². The minimum Gasteiger partial charge on any atom is -0.493 e. The molecule has 0 spiro atoms. The molecule has 0 aliphatic rings. The Morgan fingerprint density at radius 3 is 2.33 bits per heavy atom. The highest BCUT2D eigenvalue weighted by Gasteiger charge is 2.17. The van der Waals surface area contributed by atoms with Gasteiger partial charge in [0.1, 0.15) is 23.6 Å². The molecule has 0 saturated carbocycles. The van der Waals surface area contributed by atoms with Crippen LogP contribution in [0, 0.1) is 0 Å². The first-order valence-corrected chi connectivity index (χ1v) is 10.5. The first-order valence-electron chi connectivity index (χ1n) is 10.5. The summed E-state index contributed by atoms with van der Waals surface area (Å²) in [4.78, 5) is 13.9. The number of fused-ring (bicyclic) bond motifs is 1. The number of hydrogen-bond acceptors (Lipinski definition) is 7. The number of allylic oxidation sites excluding steroid dienone is 1. The van der Waals surface area contributed by atoms with Gasteiger partial charge in [0.15, 0.2) is 17.3 Å². The second-order valence-electron chi connectivity index (χ2n) is 7.90. The average Bonchev–Trinajstić information content (AvgIpc) is 3.45. The van der Waals surface area contributed by atoms with Gasteiger partial charge < -0.3 is 28.7 Å². The first-order chi connectivity index (χ1) is 15.9. The molecule has 0 atom stereocenters. The van der Waals surface area contributed by atoms with E-state index in [0.717, 1.165) is 22.3 Å². The molecular formula is C24H28N6O3. The van der Waals surface area contributed by atoms with E-state index in [0.29, 0.717) is 34.7 Å². The van der Waals surface area contributed by atoms with Crippen LogP contribution in [0.4, 0.5) is 11.6 Å². The zero-order valence-electron chi connectivity index (χ0n) is 19.7. The molecule has 0 aliphatic carbocycles. The van der Waals surface area contributed by atoms with Crippen molar-refractivity contribution >= 4 is 28.2 Å². The van der Waals surface area contributed by atoms with Gasteiger partial charge in [0.25, 0.3) is 0 Å².